The number of amides is 4. The van der Waals surface area contributed by atoms with Crippen molar-refractivity contribution in [1.82, 2.24) is 40.1 Å². The van der Waals surface area contributed by atoms with Crippen LogP contribution in [0.15, 0.2) is 59.7 Å². The summed E-state index contributed by atoms with van der Waals surface area (Å²) >= 11 is 0. The number of fused-ring (bicyclic) bond motifs is 1. The number of anilines is 2. The number of hydrogen-bond acceptors (Lipinski definition) is 11. The Morgan fingerprint density at radius 3 is 2.46 bits per heavy atom. The number of carbonyl (C=O) groups is 4. The van der Waals surface area contributed by atoms with E-state index in [2.05, 4.69) is 35.8 Å². The zero-order valence-electron chi connectivity index (χ0n) is 28.8. The van der Waals surface area contributed by atoms with E-state index >= 15 is 4.39 Å². The van der Waals surface area contributed by atoms with Crippen LogP contribution in [0.3, 0.4) is 0 Å². The molecule has 2 aromatic heterocycles. The molecule has 0 spiro atoms. The number of piperazine rings is 1. The summed E-state index contributed by atoms with van der Waals surface area (Å²) in [6.45, 7) is 2.61. The average Bonchev–Trinajstić information content (AvgIpc) is 3.68. The van der Waals surface area contributed by atoms with Crippen LogP contribution in [-0.4, -0.2) is 90.6 Å². The predicted molar refractivity (Wildman–Crippen MR) is 189 cm³/mol. The van der Waals surface area contributed by atoms with Gasteiger partial charge < -0.3 is 10.2 Å². The van der Waals surface area contributed by atoms with Crippen molar-refractivity contribution in [3.63, 3.8) is 0 Å². The van der Waals surface area contributed by atoms with Crippen LogP contribution < -0.4 is 21.1 Å². The predicted octanol–water partition coefficient (Wildman–Crippen LogP) is 2.35. The first kappa shape index (κ1) is 33.5. The van der Waals surface area contributed by atoms with Crippen LogP contribution >= 0.6 is 0 Å². The molecule has 0 bridgehead atoms. The summed E-state index contributed by atoms with van der Waals surface area (Å²) in [5.74, 6) is -3.23. The zero-order chi connectivity index (χ0) is 37.4. The number of piperidine rings is 1. The van der Waals surface area contributed by atoms with E-state index in [0.29, 0.717) is 66.6 Å². The Morgan fingerprint density at radius 2 is 1.70 bits per heavy atom. The third kappa shape index (κ3) is 5.41. The van der Waals surface area contributed by atoms with Crippen LogP contribution in [0.2, 0.25) is 0 Å². The fraction of sp³-hybridized carbons (Fsp3) is 0.297. The lowest BCUT2D eigenvalue weighted by atomic mass is 9.83. The van der Waals surface area contributed by atoms with Crippen LogP contribution in [0.1, 0.15) is 68.2 Å². The summed E-state index contributed by atoms with van der Waals surface area (Å²) in [6.07, 6.45) is 1.55. The molecule has 0 radical (unpaired) electrons. The molecule has 54 heavy (non-hydrogen) atoms. The Labute approximate surface area is 304 Å². The van der Waals surface area contributed by atoms with Gasteiger partial charge in [0.2, 0.25) is 11.8 Å². The Morgan fingerprint density at radius 1 is 0.907 bits per heavy atom. The number of aromatic nitrogens is 5. The number of halogens is 2. The van der Waals surface area contributed by atoms with Crippen LogP contribution in [0.25, 0.3) is 10.8 Å². The van der Waals surface area contributed by atoms with Crippen molar-refractivity contribution < 1.29 is 28.0 Å². The Hall–Kier alpha value is -6.36. The number of hydrogen-bond donors (Lipinski definition) is 3. The van der Waals surface area contributed by atoms with E-state index in [-0.39, 0.29) is 29.4 Å². The summed E-state index contributed by atoms with van der Waals surface area (Å²) in [4.78, 5) is 72.8. The largest absolute Gasteiger partial charge is 0.376 e. The Kier molecular flexibility index (Phi) is 7.84. The molecule has 5 aromatic rings. The maximum Gasteiger partial charge on any atom is 0.272 e. The van der Waals surface area contributed by atoms with Gasteiger partial charge >= 0.3 is 0 Å². The minimum absolute atomic E-state index is 0.0448. The van der Waals surface area contributed by atoms with Gasteiger partial charge in [0.25, 0.3) is 17.4 Å². The highest BCUT2D eigenvalue weighted by Gasteiger charge is 2.45. The lowest BCUT2D eigenvalue weighted by Crippen LogP contribution is -2.54. The zero-order valence-corrected chi connectivity index (χ0v) is 28.8. The van der Waals surface area contributed by atoms with Gasteiger partial charge in [-0.1, -0.05) is 12.1 Å². The molecule has 3 N–H and O–H groups in total. The number of carbonyl (C=O) groups excluding carboxylic acids is 4. The monoisotopic (exact) mass is 734 g/mol. The van der Waals surface area contributed by atoms with E-state index in [4.69, 9.17) is 0 Å². The van der Waals surface area contributed by atoms with Gasteiger partial charge in [-0.2, -0.15) is 10.2 Å². The SMILES string of the molecule is Cn1ncnc1[C@H]1c2n[nH]c(=O)c3cc(F)cc(c23)N[C@@H]1c1ccc(F)c(N2CCN(Cc3ccc4c(c3)C(=O)N(C3CCC(=O)NC3=O)C4=O)CC2)c1. The molecular formula is C37H32F2N10O5. The molecule has 0 saturated carbocycles. The van der Waals surface area contributed by atoms with Crippen LogP contribution in [0.4, 0.5) is 20.2 Å². The lowest BCUT2D eigenvalue weighted by molar-refractivity contribution is -0.136. The van der Waals surface area contributed by atoms with Crippen molar-refractivity contribution in [2.45, 2.75) is 37.4 Å². The second kappa shape index (κ2) is 12.6. The van der Waals surface area contributed by atoms with Crippen LogP contribution in [-0.2, 0) is 23.2 Å². The van der Waals surface area contributed by atoms with Crippen molar-refractivity contribution in [3.8, 4) is 0 Å². The van der Waals surface area contributed by atoms with Gasteiger partial charge in [0, 0.05) is 57.3 Å². The molecule has 4 amide bonds. The molecule has 6 heterocycles. The van der Waals surface area contributed by atoms with Crippen molar-refractivity contribution in [3.05, 3.63) is 111 Å². The molecule has 2 saturated heterocycles. The van der Waals surface area contributed by atoms with Crippen molar-refractivity contribution in [2.75, 3.05) is 36.4 Å². The average molecular weight is 735 g/mol. The summed E-state index contributed by atoms with van der Waals surface area (Å²) in [7, 11) is 1.74. The van der Waals surface area contributed by atoms with E-state index in [1.54, 1.807) is 42.1 Å². The number of nitrogens with one attached hydrogen (secondary N) is 3. The van der Waals surface area contributed by atoms with Gasteiger partial charge in [0.1, 0.15) is 29.8 Å². The number of imide groups is 2. The fourth-order valence-corrected chi connectivity index (χ4v) is 8.16. The standard InChI is InChI=1S/C37H32F2N10O5/c1-46-33(40-17-41-46)30-31(42-25-15-20(38)14-23-29(25)32(30)44-45-34(23)51)19-3-5-24(39)27(13-19)48-10-8-47(9-11-48)16-18-2-4-21-22(12-18)37(54)49(36(21)53)26-6-7-28(50)43-35(26)52/h2-5,12-15,17,26,30-31,42H,6-11,16H2,1H3,(H,45,51)(H,43,50,52)/t26?,30-,31-/m1/s1. The maximum atomic E-state index is 15.6. The Balaban J connectivity index is 0.939. The Bertz CT molecular complexity index is 2490. The molecule has 1 unspecified atom stereocenters. The quantitative estimate of drug-likeness (QED) is 0.218. The second-order valence-corrected chi connectivity index (χ2v) is 14.0. The van der Waals surface area contributed by atoms with E-state index in [1.807, 2.05) is 4.90 Å². The van der Waals surface area contributed by atoms with Crippen LogP contribution in [0, 0.1) is 11.6 Å². The molecular weight excluding hydrogens is 702 g/mol. The normalized spacial score (nSPS) is 21.4. The maximum absolute atomic E-state index is 15.6. The topological polar surface area (TPSA) is 179 Å². The van der Waals surface area contributed by atoms with E-state index in [1.165, 1.54) is 24.5 Å². The van der Waals surface area contributed by atoms with Gasteiger partial charge in [-0.15, -0.1) is 0 Å². The van der Waals surface area contributed by atoms with E-state index in [0.717, 1.165) is 10.5 Å². The molecule has 274 valence electrons. The minimum Gasteiger partial charge on any atom is -0.376 e. The molecule has 2 fully saturated rings. The van der Waals surface area contributed by atoms with Gasteiger partial charge in [-0.25, -0.2) is 18.9 Å². The number of H-pyrrole nitrogens is 1. The van der Waals surface area contributed by atoms with Crippen molar-refractivity contribution >= 4 is 45.8 Å². The molecule has 3 atom stereocenters. The third-order valence-electron chi connectivity index (χ3n) is 10.8. The highest BCUT2D eigenvalue weighted by Crippen LogP contribution is 2.46. The van der Waals surface area contributed by atoms with Crippen LogP contribution in [0.5, 0.6) is 0 Å². The minimum atomic E-state index is -1.03. The summed E-state index contributed by atoms with van der Waals surface area (Å²) < 4.78 is 32.0. The number of aromatic amines is 1. The highest BCUT2D eigenvalue weighted by molar-refractivity contribution is 6.23. The summed E-state index contributed by atoms with van der Waals surface area (Å²) in [5.41, 5.74) is 2.69. The van der Waals surface area contributed by atoms with Gasteiger partial charge in [0.15, 0.2) is 0 Å². The van der Waals surface area contributed by atoms with E-state index in [9.17, 15) is 28.4 Å². The lowest BCUT2D eigenvalue weighted by Gasteiger charge is -2.37. The van der Waals surface area contributed by atoms with Crippen molar-refractivity contribution in [1.29, 1.82) is 0 Å². The number of rotatable bonds is 6. The first-order valence-electron chi connectivity index (χ1n) is 17.5. The third-order valence-corrected chi connectivity index (χ3v) is 10.8. The van der Waals surface area contributed by atoms with Gasteiger partial charge in [0.05, 0.1) is 39.9 Å². The number of aryl methyl sites for hydroxylation is 1. The number of nitrogens with zero attached hydrogens (tertiary/aromatic N) is 7. The summed E-state index contributed by atoms with van der Waals surface area (Å²) in [6, 6.07) is 10.8. The molecule has 17 heteroatoms. The van der Waals surface area contributed by atoms with Gasteiger partial charge in [-0.05, 0) is 53.9 Å². The fourth-order valence-electron chi connectivity index (χ4n) is 8.16. The molecule has 15 nitrogen and oxygen atoms in total. The molecule has 0 aliphatic carbocycles. The smallest absolute Gasteiger partial charge is 0.272 e. The highest BCUT2D eigenvalue weighted by atomic mass is 19.1. The molecule has 4 aliphatic rings. The van der Waals surface area contributed by atoms with Gasteiger partial charge in [-0.3, -0.25) is 43.8 Å². The molecule has 4 aliphatic heterocycles. The first-order valence-corrected chi connectivity index (χ1v) is 17.5. The van der Waals surface area contributed by atoms with E-state index < -0.39 is 58.8 Å². The number of benzene rings is 3. The summed E-state index contributed by atoms with van der Waals surface area (Å²) in [5, 5.41) is 17.4. The molecule has 3 aromatic carbocycles. The first-order chi connectivity index (χ1) is 26.0. The second-order valence-electron chi connectivity index (χ2n) is 14.0. The molecule has 9 rings (SSSR count). The van der Waals surface area contributed by atoms with Crippen molar-refractivity contribution in [2.24, 2.45) is 7.05 Å².